The van der Waals surface area contributed by atoms with E-state index in [1.165, 1.54) is 0 Å². The molecule has 0 saturated carbocycles. The van der Waals surface area contributed by atoms with Crippen molar-refractivity contribution in [1.29, 1.82) is 0 Å². The van der Waals surface area contributed by atoms with Gasteiger partial charge in [0.05, 0.1) is 6.54 Å². The van der Waals surface area contributed by atoms with Crippen LogP contribution in [0.25, 0.3) is 22.6 Å². The lowest BCUT2D eigenvalue weighted by atomic mass is 10.1. The molecule has 4 aromatic rings. The van der Waals surface area contributed by atoms with Gasteiger partial charge in [0.1, 0.15) is 11.5 Å². The van der Waals surface area contributed by atoms with Gasteiger partial charge in [0.25, 0.3) is 5.91 Å². The molecule has 3 heterocycles. The highest BCUT2D eigenvalue weighted by atomic mass is 16.3. The number of hydrogen-bond acceptors (Lipinski definition) is 7. The number of nitrogens with one attached hydrogen (secondary N) is 1. The number of nitrogen functional groups attached to an aromatic ring is 1. The monoisotopic (exact) mass is 363 g/mol. The number of furan rings is 1. The maximum atomic E-state index is 11.8. The van der Waals surface area contributed by atoms with Crippen LogP contribution in [0.4, 0.5) is 5.95 Å². The number of aryl methyl sites for hydroxylation is 1. The van der Waals surface area contributed by atoms with Crippen LogP contribution in [-0.2, 0) is 6.54 Å². The van der Waals surface area contributed by atoms with E-state index < -0.39 is 0 Å². The molecular weight excluding hydrogens is 346 g/mol. The van der Waals surface area contributed by atoms with Crippen LogP contribution in [0, 0.1) is 6.92 Å². The quantitative estimate of drug-likeness (QED) is 0.566. The van der Waals surface area contributed by atoms with Crippen molar-refractivity contribution in [3.8, 4) is 11.5 Å². The average molecular weight is 363 g/mol. The first kappa shape index (κ1) is 16.7. The molecule has 0 aliphatic carbocycles. The summed E-state index contributed by atoms with van der Waals surface area (Å²) in [5, 5.41) is 11.0. The molecule has 3 aromatic heterocycles. The van der Waals surface area contributed by atoms with Crippen LogP contribution in [0.2, 0.25) is 0 Å². The van der Waals surface area contributed by atoms with Gasteiger partial charge in [-0.05, 0) is 36.8 Å². The van der Waals surface area contributed by atoms with E-state index in [4.69, 9.17) is 10.2 Å². The number of carbonyl (C=O) groups excluding carboxylic acids is 1. The number of aromatic nitrogens is 5. The van der Waals surface area contributed by atoms with Crippen LogP contribution in [0.15, 0.2) is 40.8 Å². The highest BCUT2D eigenvalue weighted by Crippen LogP contribution is 2.27. The summed E-state index contributed by atoms with van der Waals surface area (Å²) in [6.07, 6.45) is 0. The minimum atomic E-state index is -0.151. The first-order valence-corrected chi connectivity index (χ1v) is 8.29. The van der Waals surface area contributed by atoms with Crippen LogP contribution in [0.1, 0.15) is 21.7 Å². The first-order chi connectivity index (χ1) is 13.0. The number of benzene rings is 1. The van der Waals surface area contributed by atoms with E-state index in [1.807, 2.05) is 31.2 Å². The Labute approximate surface area is 154 Å². The van der Waals surface area contributed by atoms with Gasteiger partial charge in [-0.2, -0.15) is 4.98 Å². The van der Waals surface area contributed by atoms with Gasteiger partial charge in [0.2, 0.25) is 5.95 Å². The van der Waals surface area contributed by atoms with Crippen LogP contribution in [0.5, 0.6) is 0 Å². The van der Waals surface area contributed by atoms with E-state index >= 15 is 0 Å². The highest BCUT2D eigenvalue weighted by Gasteiger charge is 2.18. The van der Waals surface area contributed by atoms with Gasteiger partial charge in [-0.15, -0.1) is 5.10 Å². The molecule has 0 saturated heterocycles. The molecule has 1 amide bonds. The molecular formula is C18H17N7O2. The fraction of sp³-hybridized carbons (Fsp3) is 0.167. The summed E-state index contributed by atoms with van der Waals surface area (Å²) in [7, 11) is 1.59. The van der Waals surface area contributed by atoms with Gasteiger partial charge >= 0.3 is 0 Å². The molecule has 0 aliphatic rings. The number of amides is 1. The number of nitrogens with zero attached hydrogens (tertiary/aromatic N) is 5. The van der Waals surface area contributed by atoms with Crippen molar-refractivity contribution < 1.29 is 9.21 Å². The van der Waals surface area contributed by atoms with E-state index in [0.717, 1.165) is 11.3 Å². The molecule has 0 atom stereocenters. The minimum Gasteiger partial charge on any atom is -0.460 e. The van der Waals surface area contributed by atoms with E-state index in [1.54, 1.807) is 23.9 Å². The first-order valence-electron chi connectivity index (χ1n) is 8.29. The second-order valence-corrected chi connectivity index (χ2v) is 6.04. The normalized spacial score (nSPS) is 11.0. The second kappa shape index (κ2) is 6.52. The van der Waals surface area contributed by atoms with Crippen LogP contribution in [-0.4, -0.2) is 37.9 Å². The zero-order valence-corrected chi connectivity index (χ0v) is 14.8. The summed E-state index contributed by atoms with van der Waals surface area (Å²) in [6.45, 7) is 2.23. The zero-order valence-electron chi connectivity index (χ0n) is 14.8. The zero-order chi connectivity index (χ0) is 19.0. The number of rotatable bonds is 4. The topological polar surface area (TPSA) is 125 Å². The smallest absolute Gasteiger partial charge is 0.251 e. The van der Waals surface area contributed by atoms with Crippen molar-refractivity contribution in [1.82, 2.24) is 30.3 Å². The number of nitrogens with two attached hydrogens (primary N) is 1. The Morgan fingerprint density at radius 2 is 2.11 bits per heavy atom. The maximum absolute atomic E-state index is 11.8. The summed E-state index contributed by atoms with van der Waals surface area (Å²) in [6, 6.07) is 10.9. The molecule has 9 nitrogen and oxygen atoms in total. The predicted molar refractivity (Wildman–Crippen MR) is 98.9 cm³/mol. The van der Waals surface area contributed by atoms with Gasteiger partial charge in [-0.25, -0.2) is 9.67 Å². The molecule has 136 valence electrons. The lowest BCUT2D eigenvalue weighted by molar-refractivity contribution is 0.0963. The van der Waals surface area contributed by atoms with Crippen LogP contribution >= 0.6 is 0 Å². The van der Waals surface area contributed by atoms with Gasteiger partial charge in [-0.1, -0.05) is 17.3 Å². The second-order valence-electron chi connectivity index (χ2n) is 6.04. The molecule has 3 N–H and O–H groups in total. The Kier molecular flexibility index (Phi) is 4.03. The number of fused-ring (bicyclic) bond motifs is 1. The molecule has 0 radical (unpaired) electrons. The number of hydrogen-bond donors (Lipinski definition) is 2. The van der Waals surface area contributed by atoms with E-state index in [-0.39, 0.29) is 11.9 Å². The van der Waals surface area contributed by atoms with Gasteiger partial charge in [0.15, 0.2) is 16.9 Å². The molecule has 1 aromatic carbocycles. The Hall–Kier alpha value is -3.75. The summed E-state index contributed by atoms with van der Waals surface area (Å²) in [4.78, 5) is 20.4. The predicted octanol–water partition coefficient (Wildman–Crippen LogP) is 1.78. The molecule has 9 heteroatoms. The van der Waals surface area contributed by atoms with Crippen molar-refractivity contribution in [3.63, 3.8) is 0 Å². The summed E-state index contributed by atoms with van der Waals surface area (Å²) >= 11 is 0. The minimum absolute atomic E-state index is 0.106. The van der Waals surface area contributed by atoms with E-state index in [2.05, 4.69) is 25.6 Å². The van der Waals surface area contributed by atoms with Crippen molar-refractivity contribution in [3.05, 3.63) is 53.3 Å². The standard InChI is InChI=1S/C18H17N7O2/c1-10-6-7-13(27-10)14-15-16(22-18(19)21-14)25(24-23-15)9-11-4-3-5-12(8-11)17(26)20-2/h3-8H,9H2,1-2H3,(H,20,26)(H2,19,21,22). The highest BCUT2D eigenvalue weighted by molar-refractivity contribution is 5.94. The van der Waals surface area contributed by atoms with Crippen LogP contribution < -0.4 is 11.1 Å². The number of carbonyl (C=O) groups is 1. The molecule has 0 unspecified atom stereocenters. The van der Waals surface area contributed by atoms with E-state index in [9.17, 15) is 4.79 Å². The molecule has 0 fully saturated rings. The Bertz CT molecular complexity index is 1150. The number of anilines is 1. The average Bonchev–Trinajstić information content (AvgIpc) is 3.27. The SMILES string of the molecule is CNC(=O)c1cccc(Cn2nnc3c(-c4ccc(C)o4)nc(N)nc32)c1. The van der Waals surface area contributed by atoms with Gasteiger partial charge in [0, 0.05) is 12.6 Å². The van der Waals surface area contributed by atoms with Crippen LogP contribution in [0.3, 0.4) is 0 Å². The van der Waals surface area contributed by atoms with E-state index in [0.29, 0.717) is 34.7 Å². The van der Waals surface area contributed by atoms with Gasteiger partial charge < -0.3 is 15.5 Å². The Morgan fingerprint density at radius 3 is 2.85 bits per heavy atom. The summed E-state index contributed by atoms with van der Waals surface area (Å²) in [5.74, 6) is 1.27. The molecule has 27 heavy (non-hydrogen) atoms. The fourth-order valence-corrected chi connectivity index (χ4v) is 2.84. The Balaban J connectivity index is 1.76. The van der Waals surface area contributed by atoms with Crippen molar-refractivity contribution >= 4 is 23.0 Å². The summed E-state index contributed by atoms with van der Waals surface area (Å²) < 4.78 is 7.27. The molecule has 4 rings (SSSR count). The molecule has 0 aliphatic heterocycles. The summed E-state index contributed by atoms with van der Waals surface area (Å²) in [5.41, 5.74) is 8.84. The maximum Gasteiger partial charge on any atom is 0.251 e. The van der Waals surface area contributed by atoms with Crippen molar-refractivity contribution in [2.75, 3.05) is 12.8 Å². The molecule has 0 bridgehead atoms. The lowest BCUT2D eigenvalue weighted by Crippen LogP contribution is -2.18. The third kappa shape index (κ3) is 3.10. The van der Waals surface area contributed by atoms with Crippen molar-refractivity contribution in [2.45, 2.75) is 13.5 Å². The lowest BCUT2D eigenvalue weighted by Gasteiger charge is -2.06. The fourth-order valence-electron chi connectivity index (χ4n) is 2.84. The third-order valence-corrected chi connectivity index (χ3v) is 4.10. The molecule has 0 spiro atoms. The van der Waals surface area contributed by atoms with Crippen molar-refractivity contribution in [2.24, 2.45) is 0 Å². The Morgan fingerprint density at radius 1 is 1.26 bits per heavy atom. The largest absolute Gasteiger partial charge is 0.460 e. The van der Waals surface area contributed by atoms with Gasteiger partial charge in [-0.3, -0.25) is 4.79 Å². The third-order valence-electron chi connectivity index (χ3n) is 4.10.